The van der Waals surface area contributed by atoms with Crippen LogP contribution in [0.4, 0.5) is 5.95 Å². The summed E-state index contributed by atoms with van der Waals surface area (Å²) >= 11 is 1.70. The summed E-state index contributed by atoms with van der Waals surface area (Å²) in [5, 5.41) is 8.53. The summed E-state index contributed by atoms with van der Waals surface area (Å²) in [5.74, 6) is 0.715. The first-order chi connectivity index (χ1) is 7.92. The molecule has 1 aliphatic heterocycles. The molecule has 16 heavy (non-hydrogen) atoms. The molecule has 3 heterocycles. The molecule has 0 spiro atoms. The highest BCUT2D eigenvalue weighted by atomic mass is 32.1. The summed E-state index contributed by atoms with van der Waals surface area (Å²) in [6, 6.07) is 4.59. The zero-order valence-corrected chi connectivity index (χ0v) is 9.50. The normalized spacial score (nSPS) is 15.8. The van der Waals surface area contributed by atoms with Crippen LogP contribution in [-0.2, 0) is 0 Å². The zero-order valence-electron chi connectivity index (χ0n) is 8.68. The molecule has 0 amide bonds. The van der Waals surface area contributed by atoms with Crippen molar-refractivity contribution >= 4 is 17.3 Å². The molecule has 2 N–H and O–H groups in total. The highest BCUT2D eigenvalue weighted by Crippen LogP contribution is 2.23. The number of anilines is 1. The third kappa shape index (κ3) is 1.91. The van der Waals surface area contributed by atoms with E-state index in [2.05, 4.69) is 32.0 Å². The van der Waals surface area contributed by atoms with Crippen molar-refractivity contribution in [2.75, 3.05) is 18.4 Å². The number of thiophene rings is 1. The quantitative estimate of drug-likeness (QED) is 0.843. The molecule has 0 aliphatic carbocycles. The molecule has 5 heteroatoms. The van der Waals surface area contributed by atoms with E-state index in [9.17, 15) is 0 Å². The van der Waals surface area contributed by atoms with Gasteiger partial charge in [-0.05, 0) is 11.4 Å². The van der Waals surface area contributed by atoms with Crippen LogP contribution >= 0.6 is 11.3 Å². The molecule has 4 nitrogen and oxygen atoms in total. The molecule has 3 rings (SSSR count). The molecular weight excluding hydrogens is 220 g/mol. The molecule has 2 aromatic rings. The van der Waals surface area contributed by atoms with E-state index in [1.165, 1.54) is 4.88 Å². The van der Waals surface area contributed by atoms with Crippen LogP contribution in [-0.4, -0.2) is 29.1 Å². The largest absolute Gasteiger partial charge is 0.349 e. The van der Waals surface area contributed by atoms with Crippen LogP contribution in [0, 0.1) is 0 Å². The van der Waals surface area contributed by atoms with Gasteiger partial charge in [-0.1, -0.05) is 6.07 Å². The number of nitrogens with one attached hydrogen (secondary N) is 2. The molecule has 1 fully saturated rings. The van der Waals surface area contributed by atoms with Crippen molar-refractivity contribution in [3.63, 3.8) is 0 Å². The van der Waals surface area contributed by atoms with Crippen molar-refractivity contribution in [2.45, 2.75) is 6.04 Å². The van der Waals surface area contributed by atoms with Crippen LogP contribution in [0.1, 0.15) is 0 Å². The van der Waals surface area contributed by atoms with Gasteiger partial charge in [0.05, 0.1) is 6.04 Å². The average molecular weight is 232 g/mol. The van der Waals surface area contributed by atoms with Gasteiger partial charge in [0.2, 0.25) is 5.95 Å². The van der Waals surface area contributed by atoms with Gasteiger partial charge in [0.25, 0.3) is 0 Å². The predicted octanol–water partition coefficient (Wildman–Crippen LogP) is 1.59. The molecule has 82 valence electrons. The number of nitrogens with zero attached hydrogens (tertiary/aromatic N) is 2. The summed E-state index contributed by atoms with van der Waals surface area (Å²) in [7, 11) is 0. The topological polar surface area (TPSA) is 49.8 Å². The van der Waals surface area contributed by atoms with Gasteiger partial charge in [0.1, 0.15) is 0 Å². The molecule has 0 unspecified atom stereocenters. The van der Waals surface area contributed by atoms with Crippen molar-refractivity contribution in [3.8, 4) is 10.4 Å². The Balaban J connectivity index is 1.74. The van der Waals surface area contributed by atoms with Crippen LogP contribution < -0.4 is 10.6 Å². The van der Waals surface area contributed by atoms with E-state index in [4.69, 9.17) is 0 Å². The Labute approximate surface area is 97.8 Å². The molecule has 0 bridgehead atoms. The Hall–Kier alpha value is -1.46. The second kappa shape index (κ2) is 4.19. The van der Waals surface area contributed by atoms with Crippen molar-refractivity contribution < 1.29 is 0 Å². The number of rotatable bonds is 3. The van der Waals surface area contributed by atoms with Crippen LogP contribution in [0.3, 0.4) is 0 Å². The lowest BCUT2D eigenvalue weighted by Gasteiger charge is -2.27. The maximum absolute atomic E-state index is 4.31. The zero-order chi connectivity index (χ0) is 10.8. The third-order valence-corrected chi connectivity index (χ3v) is 3.49. The maximum Gasteiger partial charge on any atom is 0.222 e. The molecule has 2 aromatic heterocycles. The lowest BCUT2D eigenvalue weighted by atomic mass is 10.2. The molecule has 1 aliphatic rings. The Morgan fingerprint density at radius 1 is 1.31 bits per heavy atom. The fourth-order valence-corrected chi connectivity index (χ4v) is 2.25. The summed E-state index contributed by atoms with van der Waals surface area (Å²) in [6.07, 6.45) is 3.74. The van der Waals surface area contributed by atoms with Gasteiger partial charge in [-0.2, -0.15) is 0 Å². The SMILES string of the molecule is c1csc(-c2cnc(NC3CNC3)nc2)c1. The van der Waals surface area contributed by atoms with Crippen LogP contribution in [0.2, 0.25) is 0 Å². The first-order valence-electron chi connectivity index (χ1n) is 5.25. The first-order valence-corrected chi connectivity index (χ1v) is 6.13. The van der Waals surface area contributed by atoms with Crippen molar-refractivity contribution in [2.24, 2.45) is 0 Å². The summed E-state index contributed by atoms with van der Waals surface area (Å²) in [5.41, 5.74) is 1.08. The molecule has 1 saturated heterocycles. The van der Waals surface area contributed by atoms with E-state index >= 15 is 0 Å². The third-order valence-electron chi connectivity index (χ3n) is 2.57. The molecule has 0 radical (unpaired) electrons. The van der Waals surface area contributed by atoms with E-state index < -0.39 is 0 Å². The Morgan fingerprint density at radius 2 is 2.12 bits per heavy atom. The Bertz CT molecular complexity index is 447. The first kappa shape index (κ1) is 9.74. The van der Waals surface area contributed by atoms with Gasteiger partial charge in [-0.15, -0.1) is 11.3 Å². The minimum absolute atomic E-state index is 0.479. The Kier molecular flexibility index (Phi) is 2.55. The van der Waals surface area contributed by atoms with Crippen LogP contribution in [0.25, 0.3) is 10.4 Å². The summed E-state index contributed by atoms with van der Waals surface area (Å²) in [6.45, 7) is 1.99. The maximum atomic E-state index is 4.31. The van der Waals surface area contributed by atoms with Gasteiger partial charge in [-0.3, -0.25) is 0 Å². The fourth-order valence-electron chi connectivity index (χ4n) is 1.55. The van der Waals surface area contributed by atoms with E-state index in [1.807, 2.05) is 18.5 Å². The van der Waals surface area contributed by atoms with E-state index in [0.29, 0.717) is 12.0 Å². The van der Waals surface area contributed by atoms with Crippen LogP contribution in [0.15, 0.2) is 29.9 Å². The average Bonchev–Trinajstić information content (AvgIpc) is 2.78. The standard InChI is InChI=1S/C11H12N4S/c1-2-10(16-3-1)8-4-13-11(14-5-8)15-9-6-12-7-9/h1-5,9,12H,6-7H2,(H,13,14,15). The second-order valence-corrected chi connectivity index (χ2v) is 4.72. The Morgan fingerprint density at radius 3 is 2.69 bits per heavy atom. The molecule has 0 saturated carbocycles. The lowest BCUT2D eigenvalue weighted by molar-refractivity contribution is 0.470. The molecular formula is C11H12N4S. The minimum Gasteiger partial charge on any atom is -0.349 e. The minimum atomic E-state index is 0.479. The van der Waals surface area contributed by atoms with E-state index in [-0.39, 0.29) is 0 Å². The van der Waals surface area contributed by atoms with E-state index in [0.717, 1.165) is 18.7 Å². The van der Waals surface area contributed by atoms with Crippen molar-refractivity contribution in [3.05, 3.63) is 29.9 Å². The second-order valence-electron chi connectivity index (χ2n) is 3.77. The smallest absolute Gasteiger partial charge is 0.222 e. The van der Waals surface area contributed by atoms with Gasteiger partial charge in [0.15, 0.2) is 0 Å². The van der Waals surface area contributed by atoms with Gasteiger partial charge >= 0.3 is 0 Å². The number of hydrogen-bond acceptors (Lipinski definition) is 5. The van der Waals surface area contributed by atoms with Gasteiger partial charge in [0, 0.05) is 35.9 Å². The van der Waals surface area contributed by atoms with E-state index in [1.54, 1.807) is 11.3 Å². The summed E-state index contributed by atoms with van der Waals surface area (Å²) in [4.78, 5) is 9.83. The van der Waals surface area contributed by atoms with Crippen molar-refractivity contribution in [1.29, 1.82) is 0 Å². The van der Waals surface area contributed by atoms with Gasteiger partial charge in [-0.25, -0.2) is 9.97 Å². The molecule has 0 atom stereocenters. The van der Waals surface area contributed by atoms with Crippen LogP contribution in [0.5, 0.6) is 0 Å². The fraction of sp³-hybridized carbons (Fsp3) is 0.273. The highest BCUT2D eigenvalue weighted by Gasteiger charge is 2.16. The van der Waals surface area contributed by atoms with Crippen molar-refractivity contribution in [1.82, 2.24) is 15.3 Å². The lowest BCUT2D eigenvalue weighted by Crippen LogP contribution is -2.51. The molecule has 0 aromatic carbocycles. The van der Waals surface area contributed by atoms with Gasteiger partial charge < -0.3 is 10.6 Å². The predicted molar refractivity (Wildman–Crippen MR) is 65.6 cm³/mol. The highest BCUT2D eigenvalue weighted by molar-refractivity contribution is 7.13. The monoisotopic (exact) mass is 232 g/mol. The number of hydrogen-bond donors (Lipinski definition) is 2. The summed E-state index contributed by atoms with van der Waals surface area (Å²) < 4.78 is 0. The number of aromatic nitrogens is 2.